The van der Waals surface area contributed by atoms with Crippen molar-refractivity contribution in [2.45, 2.75) is 33.1 Å². The van der Waals surface area contributed by atoms with Crippen LogP contribution < -0.4 is 4.72 Å². The zero-order chi connectivity index (χ0) is 12.0. The number of benzene rings is 1. The van der Waals surface area contributed by atoms with Gasteiger partial charge in [-0.05, 0) is 30.5 Å². The van der Waals surface area contributed by atoms with Crippen LogP contribution in [0.15, 0.2) is 24.3 Å². The first kappa shape index (κ1) is 13.0. The van der Waals surface area contributed by atoms with Gasteiger partial charge in [0.2, 0.25) is 10.0 Å². The predicted octanol–water partition coefficient (Wildman–Crippen LogP) is 2.79. The SMILES string of the molecule is CCCCS(=O)(=O)Nc1ccc(CC)cc1. The average Bonchev–Trinajstić information content (AvgIpc) is 2.27. The van der Waals surface area contributed by atoms with Crippen LogP contribution in [0.3, 0.4) is 0 Å². The van der Waals surface area contributed by atoms with Gasteiger partial charge in [-0.3, -0.25) is 4.72 Å². The number of rotatable bonds is 6. The molecule has 16 heavy (non-hydrogen) atoms. The Morgan fingerprint density at radius 1 is 1.12 bits per heavy atom. The molecule has 0 heterocycles. The van der Waals surface area contributed by atoms with E-state index >= 15 is 0 Å². The van der Waals surface area contributed by atoms with E-state index < -0.39 is 10.0 Å². The molecule has 0 unspecified atom stereocenters. The summed E-state index contributed by atoms with van der Waals surface area (Å²) in [4.78, 5) is 0. The third-order valence-corrected chi connectivity index (χ3v) is 3.77. The zero-order valence-electron chi connectivity index (χ0n) is 9.86. The highest BCUT2D eigenvalue weighted by Gasteiger charge is 2.08. The molecule has 0 aliphatic rings. The Kier molecular flexibility index (Phi) is 4.80. The molecule has 0 spiro atoms. The maximum Gasteiger partial charge on any atom is 0.232 e. The Morgan fingerprint density at radius 3 is 2.25 bits per heavy atom. The van der Waals surface area contributed by atoms with Gasteiger partial charge >= 0.3 is 0 Å². The molecule has 1 aromatic carbocycles. The van der Waals surface area contributed by atoms with Gasteiger partial charge in [-0.15, -0.1) is 0 Å². The summed E-state index contributed by atoms with van der Waals surface area (Å²) in [7, 11) is -3.17. The first-order valence-corrected chi connectivity index (χ1v) is 7.32. The Labute approximate surface area is 97.9 Å². The molecule has 90 valence electrons. The van der Waals surface area contributed by atoms with Crippen LogP contribution in [-0.4, -0.2) is 14.2 Å². The summed E-state index contributed by atoms with van der Waals surface area (Å²) in [5.41, 5.74) is 1.85. The standard InChI is InChI=1S/C12H19NO2S/c1-3-5-10-16(14,15)13-12-8-6-11(4-2)7-9-12/h6-9,13H,3-5,10H2,1-2H3. The third kappa shape index (κ3) is 4.23. The van der Waals surface area contributed by atoms with Crippen molar-refractivity contribution in [2.75, 3.05) is 10.5 Å². The fourth-order valence-corrected chi connectivity index (χ4v) is 2.64. The molecule has 0 aliphatic heterocycles. The van der Waals surface area contributed by atoms with E-state index in [-0.39, 0.29) is 5.75 Å². The second kappa shape index (κ2) is 5.89. The molecule has 0 saturated carbocycles. The lowest BCUT2D eigenvalue weighted by atomic mass is 10.2. The molecule has 1 aromatic rings. The largest absolute Gasteiger partial charge is 0.284 e. The van der Waals surface area contributed by atoms with Crippen LogP contribution in [0.1, 0.15) is 32.3 Å². The number of anilines is 1. The smallest absolute Gasteiger partial charge is 0.232 e. The topological polar surface area (TPSA) is 46.2 Å². The van der Waals surface area contributed by atoms with E-state index in [1.807, 2.05) is 31.2 Å². The summed E-state index contributed by atoms with van der Waals surface area (Å²) in [5.74, 6) is 0.193. The van der Waals surface area contributed by atoms with Crippen LogP contribution in [0, 0.1) is 0 Å². The van der Waals surface area contributed by atoms with Crippen molar-refractivity contribution in [3.05, 3.63) is 29.8 Å². The van der Waals surface area contributed by atoms with Crippen molar-refractivity contribution in [1.82, 2.24) is 0 Å². The maximum atomic E-state index is 11.6. The number of hydrogen-bond donors (Lipinski definition) is 1. The minimum absolute atomic E-state index is 0.193. The average molecular weight is 241 g/mol. The molecule has 1 rings (SSSR count). The van der Waals surface area contributed by atoms with Crippen LogP contribution >= 0.6 is 0 Å². The van der Waals surface area contributed by atoms with Gasteiger partial charge in [-0.1, -0.05) is 32.4 Å². The van der Waals surface area contributed by atoms with Crippen molar-refractivity contribution >= 4 is 15.7 Å². The molecule has 0 saturated heterocycles. The molecule has 0 aromatic heterocycles. The van der Waals surface area contributed by atoms with E-state index in [0.29, 0.717) is 12.1 Å². The summed E-state index contributed by atoms with van der Waals surface area (Å²) < 4.78 is 25.8. The van der Waals surface area contributed by atoms with Crippen LogP contribution in [0.25, 0.3) is 0 Å². The quantitative estimate of drug-likeness (QED) is 0.832. The van der Waals surface area contributed by atoms with Gasteiger partial charge in [0.25, 0.3) is 0 Å². The monoisotopic (exact) mass is 241 g/mol. The lowest BCUT2D eigenvalue weighted by molar-refractivity contribution is 0.598. The summed E-state index contributed by atoms with van der Waals surface area (Å²) in [6, 6.07) is 7.50. The van der Waals surface area contributed by atoms with Crippen LogP contribution in [0.5, 0.6) is 0 Å². The molecule has 0 atom stereocenters. The van der Waals surface area contributed by atoms with E-state index in [0.717, 1.165) is 12.8 Å². The van der Waals surface area contributed by atoms with E-state index in [2.05, 4.69) is 11.6 Å². The summed E-state index contributed by atoms with van der Waals surface area (Å²) in [6.07, 6.45) is 2.54. The summed E-state index contributed by atoms with van der Waals surface area (Å²) in [5, 5.41) is 0. The van der Waals surface area contributed by atoms with Crippen LogP contribution in [-0.2, 0) is 16.4 Å². The fraction of sp³-hybridized carbons (Fsp3) is 0.500. The number of hydrogen-bond acceptors (Lipinski definition) is 2. The molecule has 0 bridgehead atoms. The van der Waals surface area contributed by atoms with Gasteiger partial charge < -0.3 is 0 Å². The fourth-order valence-electron chi connectivity index (χ4n) is 1.37. The first-order chi connectivity index (χ1) is 7.57. The second-order valence-corrected chi connectivity index (χ2v) is 5.67. The second-order valence-electron chi connectivity index (χ2n) is 3.82. The third-order valence-electron chi connectivity index (χ3n) is 2.40. The summed E-state index contributed by atoms with van der Waals surface area (Å²) >= 11 is 0. The molecule has 0 aliphatic carbocycles. The number of nitrogens with one attached hydrogen (secondary N) is 1. The highest BCUT2D eigenvalue weighted by Crippen LogP contribution is 2.12. The van der Waals surface area contributed by atoms with Crippen molar-refractivity contribution in [3.8, 4) is 0 Å². The molecule has 1 N–H and O–H groups in total. The highest BCUT2D eigenvalue weighted by atomic mass is 32.2. The number of unbranched alkanes of at least 4 members (excludes halogenated alkanes) is 1. The van der Waals surface area contributed by atoms with Gasteiger partial charge in [0.1, 0.15) is 0 Å². The highest BCUT2D eigenvalue weighted by molar-refractivity contribution is 7.92. The summed E-state index contributed by atoms with van der Waals surface area (Å²) in [6.45, 7) is 4.05. The van der Waals surface area contributed by atoms with E-state index in [1.54, 1.807) is 0 Å². The molecule has 0 radical (unpaired) electrons. The Balaban J connectivity index is 2.65. The van der Waals surface area contributed by atoms with Gasteiger partial charge in [-0.2, -0.15) is 0 Å². The molecule has 0 fully saturated rings. The predicted molar refractivity (Wildman–Crippen MR) is 68.1 cm³/mol. The molecule has 4 heteroatoms. The first-order valence-electron chi connectivity index (χ1n) is 5.67. The Hall–Kier alpha value is -1.03. The van der Waals surface area contributed by atoms with E-state index in [4.69, 9.17) is 0 Å². The van der Waals surface area contributed by atoms with Crippen molar-refractivity contribution in [3.63, 3.8) is 0 Å². The molecule has 0 amide bonds. The van der Waals surface area contributed by atoms with Crippen molar-refractivity contribution < 1.29 is 8.42 Å². The minimum atomic E-state index is -3.17. The van der Waals surface area contributed by atoms with Crippen molar-refractivity contribution in [1.29, 1.82) is 0 Å². The van der Waals surface area contributed by atoms with Gasteiger partial charge in [0.05, 0.1) is 5.75 Å². The van der Waals surface area contributed by atoms with Crippen molar-refractivity contribution in [2.24, 2.45) is 0 Å². The Morgan fingerprint density at radius 2 is 1.75 bits per heavy atom. The zero-order valence-corrected chi connectivity index (χ0v) is 10.7. The van der Waals surface area contributed by atoms with Gasteiger partial charge in [0.15, 0.2) is 0 Å². The van der Waals surface area contributed by atoms with Crippen LogP contribution in [0.2, 0.25) is 0 Å². The van der Waals surface area contributed by atoms with Gasteiger partial charge in [0, 0.05) is 5.69 Å². The van der Waals surface area contributed by atoms with Gasteiger partial charge in [-0.25, -0.2) is 8.42 Å². The lowest BCUT2D eigenvalue weighted by Crippen LogP contribution is -2.16. The van der Waals surface area contributed by atoms with Crippen LogP contribution in [0.4, 0.5) is 5.69 Å². The van der Waals surface area contributed by atoms with E-state index in [9.17, 15) is 8.42 Å². The molecular weight excluding hydrogens is 222 g/mol. The number of sulfonamides is 1. The minimum Gasteiger partial charge on any atom is -0.284 e. The lowest BCUT2D eigenvalue weighted by Gasteiger charge is -2.07. The van der Waals surface area contributed by atoms with E-state index in [1.165, 1.54) is 5.56 Å². The molecule has 3 nitrogen and oxygen atoms in total. The molecular formula is C12H19NO2S. The Bertz CT molecular complexity index is 409. The normalized spacial score (nSPS) is 11.4. The maximum absolute atomic E-state index is 11.6. The number of aryl methyl sites for hydroxylation is 1.